The van der Waals surface area contributed by atoms with Gasteiger partial charge in [-0.05, 0) is 94.7 Å². The van der Waals surface area contributed by atoms with Crippen molar-refractivity contribution in [3.05, 3.63) is 212 Å². The fourth-order valence-corrected chi connectivity index (χ4v) is 8.58. The molecule has 0 saturated heterocycles. The van der Waals surface area contributed by atoms with E-state index in [1.807, 2.05) is 12.1 Å². The molecule has 0 aliphatic carbocycles. The molecule has 0 saturated carbocycles. The van der Waals surface area contributed by atoms with E-state index >= 15 is 0 Å². The van der Waals surface area contributed by atoms with Crippen LogP contribution in [0.25, 0.3) is 111 Å². The number of benzene rings is 10. The minimum absolute atomic E-state index is 0.626. The average molecular weight is 738 g/mol. The van der Waals surface area contributed by atoms with Crippen molar-refractivity contribution in [2.45, 2.75) is 0 Å². The van der Waals surface area contributed by atoms with Crippen molar-refractivity contribution in [2.75, 3.05) is 0 Å². The van der Waals surface area contributed by atoms with Crippen molar-refractivity contribution in [3.63, 3.8) is 0 Å². The van der Waals surface area contributed by atoms with Gasteiger partial charge < -0.3 is 0 Å². The molecule has 1 heterocycles. The van der Waals surface area contributed by atoms with Crippen LogP contribution in [-0.4, -0.2) is 15.0 Å². The summed E-state index contributed by atoms with van der Waals surface area (Å²) in [7, 11) is 0. The highest BCUT2D eigenvalue weighted by atomic mass is 15.0. The van der Waals surface area contributed by atoms with Gasteiger partial charge in [0, 0.05) is 16.7 Å². The third-order valence-corrected chi connectivity index (χ3v) is 11.3. The number of rotatable bonds is 6. The maximum Gasteiger partial charge on any atom is 0.164 e. The van der Waals surface area contributed by atoms with Crippen LogP contribution < -0.4 is 0 Å². The predicted molar refractivity (Wildman–Crippen MR) is 242 cm³/mol. The van der Waals surface area contributed by atoms with Crippen molar-refractivity contribution < 1.29 is 0 Å². The lowest BCUT2D eigenvalue weighted by atomic mass is 9.87. The van der Waals surface area contributed by atoms with Gasteiger partial charge in [0.2, 0.25) is 0 Å². The van der Waals surface area contributed by atoms with Crippen LogP contribution in [0.1, 0.15) is 0 Å². The van der Waals surface area contributed by atoms with Gasteiger partial charge >= 0.3 is 0 Å². The van der Waals surface area contributed by atoms with Crippen LogP contribution >= 0.6 is 0 Å². The molecule has 10 aromatic carbocycles. The molecule has 0 aliphatic rings. The molecule has 0 unspecified atom stereocenters. The van der Waals surface area contributed by atoms with Crippen LogP contribution in [0.2, 0.25) is 0 Å². The smallest absolute Gasteiger partial charge is 0.164 e. The summed E-state index contributed by atoms with van der Waals surface area (Å²) in [5.74, 6) is 1.88. The predicted octanol–water partition coefficient (Wildman–Crippen LogP) is 14.5. The van der Waals surface area contributed by atoms with Gasteiger partial charge in [0.25, 0.3) is 0 Å². The fourth-order valence-electron chi connectivity index (χ4n) is 8.58. The minimum atomic E-state index is 0.626. The SMILES string of the molecule is c1ccc(-c2cccc(-c3nc(-c4ccccc4-c4ccccc4)nc(-c4ccc(-c5c6ccccc6cc6c5ccc5ccccc56)c5ccccc45)n3)c2)cc1. The van der Waals surface area contributed by atoms with Crippen molar-refractivity contribution in [2.24, 2.45) is 0 Å². The lowest BCUT2D eigenvalue weighted by Gasteiger charge is -2.17. The minimum Gasteiger partial charge on any atom is -0.208 e. The summed E-state index contributed by atoms with van der Waals surface area (Å²) in [6.07, 6.45) is 0. The van der Waals surface area contributed by atoms with Crippen LogP contribution in [0.15, 0.2) is 212 Å². The number of hydrogen-bond donors (Lipinski definition) is 0. The maximum absolute atomic E-state index is 5.33. The summed E-state index contributed by atoms with van der Waals surface area (Å²) in [5, 5.41) is 9.65. The molecule has 1 aromatic heterocycles. The van der Waals surface area contributed by atoms with Gasteiger partial charge in [0.15, 0.2) is 17.5 Å². The van der Waals surface area contributed by atoms with E-state index in [4.69, 9.17) is 15.0 Å². The van der Waals surface area contributed by atoms with E-state index in [0.29, 0.717) is 17.5 Å². The highest BCUT2D eigenvalue weighted by Crippen LogP contribution is 2.44. The molecule has 58 heavy (non-hydrogen) atoms. The summed E-state index contributed by atoms with van der Waals surface area (Å²) in [6.45, 7) is 0. The Kier molecular flexibility index (Phi) is 8.15. The lowest BCUT2D eigenvalue weighted by molar-refractivity contribution is 1.08. The Bertz CT molecular complexity index is 3340. The second-order valence-corrected chi connectivity index (χ2v) is 14.7. The molecule has 0 N–H and O–H groups in total. The van der Waals surface area contributed by atoms with Gasteiger partial charge in [-0.15, -0.1) is 0 Å². The molecule has 3 nitrogen and oxygen atoms in total. The Morgan fingerprint density at radius 3 is 1.53 bits per heavy atom. The van der Waals surface area contributed by atoms with Crippen LogP contribution in [0, 0.1) is 0 Å². The fraction of sp³-hybridized carbons (Fsp3) is 0. The van der Waals surface area contributed by atoms with Gasteiger partial charge in [-0.25, -0.2) is 15.0 Å². The summed E-state index contributed by atoms with van der Waals surface area (Å²) in [4.78, 5) is 15.9. The van der Waals surface area contributed by atoms with Gasteiger partial charge in [-0.3, -0.25) is 0 Å². The van der Waals surface area contributed by atoms with E-state index in [1.165, 1.54) is 43.4 Å². The Morgan fingerprint density at radius 1 is 0.224 bits per heavy atom. The van der Waals surface area contributed by atoms with Crippen LogP contribution in [0.4, 0.5) is 0 Å². The first-order valence-electron chi connectivity index (χ1n) is 19.7. The third kappa shape index (κ3) is 5.80. The molecule has 0 aliphatic heterocycles. The Hall–Kier alpha value is -7.75. The Morgan fingerprint density at radius 2 is 0.759 bits per heavy atom. The molecule has 270 valence electrons. The van der Waals surface area contributed by atoms with E-state index < -0.39 is 0 Å². The van der Waals surface area contributed by atoms with E-state index in [1.54, 1.807) is 0 Å². The topological polar surface area (TPSA) is 38.7 Å². The standard InChI is InChI=1S/C55H35N3/c1-3-16-36(17-4-1)39-22-15-23-41(34-39)53-56-54(49-29-14-11-24-42(49)37-18-5-2-6-19-37)58-55(57-53)50-33-32-47(45-27-12-13-28-46(45)50)52-44-26-10-8-21-40(44)35-51-43-25-9-7-20-38(43)30-31-48(51)52/h1-35H. The number of nitrogens with zero attached hydrogens (tertiary/aromatic N) is 3. The lowest BCUT2D eigenvalue weighted by Crippen LogP contribution is -2.02. The molecule has 3 heteroatoms. The number of aromatic nitrogens is 3. The van der Waals surface area contributed by atoms with Gasteiger partial charge in [0.05, 0.1) is 0 Å². The molecule has 11 aromatic rings. The maximum atomic E-state index is 5.33. The average Bonchev–Trinajstić information content (AvgIpc) is 3.31. The van der Waals surface area contributed by atoms with Crippen LogP contribution in [-0.2, 0) is 0 Å². The Labute approximate surface area is 336 Å². The summed E-state index contributed by atoms with van der Waals surface area (Å²) < 4.78 is 0. The molecule has 0 amide bonds. The zero-order valence-corrected chi connectivity index (χ0v) is 31.5. The molecule has 0 atom stereocenters. The molecular formula is C55H35N3. The van der Waals surface area contributed by atoms with Crippen molar-refractivity contribution in [1.29, 1.82) is 0 Å². The van der Waals surface area contributed by atoms with Crippen molar-refractivity contribution in [3.8, 4) is 67.5 Å². The van der Waals surface area contributed by atoms with E-state index in [0.717, 1.165) is 49.7 Å². The second-order valence-electron chi connectivity index (χ2n) is 14.7. The van der Waals surface area contributed by atoms with Gasteiger partial charge in [-0.2, -0.15) is 0 Å². The summed E-state index contributed by atoms with van der Waals surface area (Å²) in [5.41, 5.74) is 9.67. The highest BCUT2D eigenvalue weighted by Gasteiger charge is 2.20. The summed E-state index contributed by atoms with van der Waals surface area (Å²) >= 11 is 0. The summed E-state index contributed by atoms with van der Waals surface area (Å²) in [6, 6.07) is 75.3. The molecule has 0 fully saturated rings. The first-order chi connectivity index (χ1) is 28.8. The van der Waals surface area contributed by atoms with Crippen molar-refractivity contribution >= 4 is 43.1 Å². The quantitative estimate of drug-likeness (QED) is 0.126. The molecule has 0 radical (unpaired) electrons. The third-order valence-electron chi connectivity index (χ3n) is 11.3. The van der Waals surface area contributed by atoms with E-state index in [9.17, 15) is 0 Å². The Balaban J connectivity index is 1.16. The van der Waals surface area contributed by atoms with E-state index in [2.05, 4.69) is 200 Å². The zero-order chi connectivity index (χ0) is 38.4. The monoisotopic (exact) mass is 737 g/mol. The number of fused-ring (bicyclic) bond motifs is 5. The normalized spacial score (nSPS) is 11.4. The molecule has 0 spiro atoms. The highest BCUT2D eigenvalue weighted by molar-refractivity contribution is 6.22. The largest absolute Gasteiger partial charge is 0.208 e. The number of hydrogen-bond acceptors (Lipinski definition) is 3. The first kappa shape index (κ1) is 33.6. The first-order valence-corrected chi connectivity index (χ1v) is 19.7. The molecular weight excluding hydrogens is 703 g/mol. The van der Waals surface area contributed by atoms with E-state index in [-0.39, 0.29) is 0 Å². The van der Waals surface area contributed by atoms with Gasteiger partial charge in [0.1, 0.15) is 0 Å². The van der Waals surface area contributed by atoms with Crippen LogP contribution in [0.3, 0.4) is 0 Å². The van der Waals surface area contributed by atoms with Crippen molar-refractivity contribution in [1.82, 2.24) is 15.0 Å². The van der Waals surface area contributed by atoms with Crippen LogP contribution in [0.5, 0.6) is 0 Å². The van der Waals surface area contributed by atoms with Gasteiger partial charge in [-0.1, -0.05) is 194 Å². The molecule has 11 rings (SSSR count). The second kappa shape index (κ2) is 14.1. The zero-order valence-electron chi connectivity index (χ0n) is 31.5. The molecule has 0 bridgehead atoms.